The number of carbonyl (C=O) groups is 1. The average molecular weight is 299 g/mol. The minimum atomic E-state index is -1.46. The normalized spacial score (nSPS) is 10.5. The highest BCUT2D eigenvalue weighted by Gasteiger charge is 2.14. The van der Waals surface area contributed by atoms with Crippen LogP contribution < -0.4 is 5.32 Å². The summed E-state index contributed by atoms with van der Waals surface area (Å²) in [5.74, 6) is -5.73. The third kappa shape index (κ3) is 3.31. The summed E-state index contributed by atoms with van der Waals surface area (Å²) in [7, 11) is 0. The van der Waals surface area contributed by atoms with E-state index in [-0.39, 0.29) is 12.1 Å². The van der Waals surface area contributed by atoms with Crippen LogP contribution in [0.1, 0.15) is 15.9 Å². The van der Waals surface area contributed by atoms with Gasteiger partial charge in [-0.05, 0) is 29.8 Å². The summed E-state index contributed by atoms with van der Waals surface area (Å²) in [6.07, 6.45) is 0. The number of carboxylic acids is 1. The molecule has 0 aliphatic rings. The predicted octanol–water partition coefficient (Wildman–Crippen LogP) is 3.55. The third-order valence-corrected chi connectivity index (χ3v) is 2.74. The van der Waals surface area contributed by atoms with Gasteiger partial charge in [-0.2, -0.15) is 0 Å². The van der Waals surface area contributed by atoms with Crippen LogP contribution in [-0.4, -0.2) is 11.1 Å². The van der Waals surface area contributed by atoms with E-state index < -0.39 is 40.5 Å². The minimum absolute atomic E-state index is 0.155. The lowest BCUT2D eigenvalue weighted by Gasteiger charge is -2.10. The number of hydrogen-bond acceptors (Lipinski definition) is 2. The second-order valence-electron chi connectivity index (χ2n) is 4.22. The smallest absolute Gasteiger partial charge is 0.335 e. The molecule has 0 unspecified atom stereocenters. The van der Waals surface area contributed by atoms with Crippen molar-refractivity contribution in [1.82, 2.24) is 0 Å². The molecule has 0 spiro atoms. The highest BCUT2D eigenvalue weighted by Crippen LogP contribution is 2.22. The molecule has 0 radical (unpaired) electrons. The topological polar surface area (TPSA) is 49.3 Å². The van der Waals surface area contributed by atoms with Crippen LogP contribution in [0.25, 0.3) is 0 Å². The molecule has 0 amide bonds. The molecule has 0 heterocycles. The number of benzene rings is 2. The SMILES string of the molecule is O=C(O)c1cc(F)c(NCc2ccc(F)c(F)c2)c(F)c1. The van der Waals surface area contributed by atoms with Gasteiger partial charge >= 0.3 is 5.97 Å². The van der Waals surface area contributed by atoms with Gasteiger partial charge in [0.1, 0.15) is 17.3 Å². The van der Waals surface area contributed by atoms with E-state index in [1.807, 2.05) is 0 Å². The van der Waals surface area contributed by atoms with Gasteiger partial charge < -0.3 is 10.4 Å². The Bertz CT molecular complexity index is 680. The molecule has 0 atom stereocenters. The fourth-order valence-corrected chi connectivity index (χ4v) is 1.71. The Morgan fingerprint density at radius 2 is 1.57 bits per heavy atom. The van der Waals surface area contributed by atoms with Crippen LogP contribution in [0.3, 0.4) is 0 Å². The Balaban J connectivity index is 2.20. The van der Waals surface area contributed by atoms with Gasteiger partial charge in [-0.1, -0.05) is 6.07 Å². The average Bonchev–Trinajstić information content (AvgIpc) is 2.41. The van der Waals surface area contributed by atoms with Gasteiger partial charge in [0.25, 0.3) is 0 Å². The zero-order valence-electron chi connectivity index (χ0n) is 10.5. The first-order chi connectivity index (χ1) is 9.88. The minimum Gasteiger partial charge on any atom is -0.478 e. The van der Waals surface area contributed by atoms with E-state index in [9.17, 15) is 22.4 Å². The first-order valence-electron chi connectivity index (χ1n) is 5.78. The molecule has 3 nitrogen and oxygen atoms in total. The van der Waals surface area contributed by atoms with E-state index in [0.717, 1.165) is 12.1 Å². The van der Waals surface area contributed by atoms with Crippen molar-refractivity contribution in [2.24, 2.45) is 0 Å². The maximum atomic E-state index is 13.6. The standard InChI is InChI=1S/C14H9F4NO2/c15-9-2-1-7(3-10(9)16)6-19-13-11(17)4-8(14(20)21)5-12(13)18/h1-5,19H,6H2,(H,20,21). The van der Waals surface area contributed by atoms with Gasteiger partial charge in [0.15, 0.2) is 11.6 Å². The summed E-state index contributed by atoms with van der Waals surface area (Å²) < 4.78 is 53.0. The molecule has 0 bridgehead atoms. The lowest BCUT2D eigenvalue weighted by Crippen LogP contribution is -2.07. The summed E-state index contributed by atoms with van der Waals surface area (Å²) in [5, 5.41) is 11.0. The summed E-state index contributed by atoms with van der Waals surface area (Å²) in [6.45, 7) is -0.155. The van der Waals surface area contributed by atoms with Gasteiger partial charge in [-0.3, -0.25) is 0 Å². The van der Waals surface area contributed by atoms with Gasteiger partial charge in [0.2, 0.25) is 0 Å². The number of carboxylic acid groups (broad SMARTS) is 1. The lowest BCUT2D eigenvalue weighted by atomic mass is 10.1. The Labute approximate surface area is 116 Å². The molecular weight excluding hydrogens is 290 g/mol. The number of nitrogens with one attached hydrogen (secondary N) is 1. The second-order valence-corrected chi connectivity index (χ2v) is 4.22. The highest BCUT2D eigenvalue weighted by molar-refractivity contribution is 5.88. The molecule has 2 aromatic rings. The Kier molecular flexibility index (Phi) is 4.11. The third-order valence-electron chi connectivity index (χ3n) is 2.74. The first kappa shape index (κ1) is 14.8. The molecule has 0 aromatic heterocycles. The van der Waals surface area contributed by atoms with Crippen LogP contribution in [0.2, 0.25) is 0 Å². The lowest BCUT2D eigenvalue weighted by molar-refractivity contribution is 0.0696. The summed E-state index contributed by atoms with van der Waals surface area (Å²) in [6, 6.07) is 4.38. The number of anilines is 1. The Morgan fingerprint density at radius 3 is 2.10 bits per heavy atom. The summed E-state index contributed by atoms with van der Waals surface area (Å²) in [4.78, 5) is 10.6. The molecular formula is C14H9F4NO2. The number of aromatic carboxylic acids is 1. The molecule has 0 saturated carbocycles. The van der Waals surface area contributed by atoms with Crippen LogP contribution in [0.4, 0.5) is 23.2 Å². The maximum absolute atomic E-state index is 13.6. The van der Waals surface area contributed by atoms with Crippen molar-refractivity contribution < 1.29 is 27.5 Å². The molecule has 110 valence electrons. The first-order valence-corrected chi connectivity index (χ1v) is 5.78. The molecule has 2 aromatic carbocycles. The van der Waals surface area contributed by atoms with Crippen molar-refractivity contribution in [3.05, 3.63) is 64.7 Å². The van der Waals surface area contributed by atoms with E-state index in [1.54, 1.807) is 0 Å². The molecule has 0 aliphatic carbocycles. The van der Waals surface area contributed by atoms with Crippen molar-refractivity contribution in [1.29, 1.82) is 0 Å². The van der Waals surface area contributed by atoms with Gasteiger partial charge in [-0.25, -0.2) is 22.4 Å². The number of hydrogen-bond donors (Lipinski definition) is 2. The number of halogens is 4. The van der Waals surface area contributed by atoms with Gasteiger partial charge in [0, 0.05) is 6.54 Å². The van der Waals surface area contributed by atoms with Crippen molar-refractivity contribution in [3.63, 3.8) is 0 Å². The molecule has 7 heteroatoms. The van der Waals surface area contributed by atoms with Gasteiger partial charge in [0.05, 0.1) is 5.56 Å². The summed E-state index contributed by atoms with van der Waals surface area (Å²) in [5.41, 5.74) is -0.789. The molecule has 0 aliphatic heterocycles. The van der Waals surface area contributed by atoms with Crippen molar-refractivity contribution in [2.45, 2.75) is 6.54 Å². The monoisotopic (exact) mass is 299 g/mol. The second kappa shape index (κ2) is 5.82. The van der Waals surface area contributed by atoms with E-state index >= 15 is 0 Å². The Hall–Kier alpha value is -2.57. The predicted molar refractivity (Wildman–Crippen MR) is 67.0 cm³/mol. The summed E-state index contributed by atoms with van der Waals surface area (Å²) >= 11 is 0. The van der Waals surface area contributed by atoms with Crippen LogP contribution in [-0.2, 0) is 6.54 Å². The number of rotatable bonds is 4. The van der Waals surface area contributed by atoms with Crippen LogP contribution >= 0.6 is 0 Å². The zero-order valence-corrected chi connectivity index (χ0v) is 10.5. The zero-order chi connectivity index (χ0) is 15.6. The fraction of sp³-hybridized carbons (Fsp3) is 0.0714. The van der Waals surface area contributed by atoms with Crippen molar-refractivity contribution in [2.75, 3.05) is 5.32 Å². The van der Waals surface area contributed by atoms with Crippen LogP contribution in [0, 0.1) is 23.3 Å². The largest absolute Gasteiger partial charge is 0.478 e. The molecule has 2 N–H and O–H groups in total. The van der Waals surface area contributed by atoms with Crippen LogP contribution in [0.15, 0.2) is 30.3 Å². The fourth-order valence-electron chi connectivity index (χ4n) is 1.71. The van der Waals surface area contributed by atoms with E-state index in [0.29, 0.717) is 12.1 Å². The quantitative estimate of drug-likeness (QED) is 0.849. The highest BCUT2D eigenvalue weighted by atomic mass is 19.2. The maximum Gasteiger partial charge on any atom is 0.335 e. The molecule has 0 fully saturated rings. The van der Waals surface area contributed by atoms with Crippen molar-refractivity contribution in [3.8, 4) is 0 Å². The molecule has 21 heavy (non-hydrogen) atoms. The van der Waals surface area contributed by atoms with E-state index in [2.05, 4.69) is 5.32 Å². The molecule has 0 saturated heterocycles. The van der Waals surface area contributed by atoms with Crippen LogP contribution in [0.5, 0.6) is 0 Å². The van der Waals surface area contributed by atoms with Gasteiger partial charge in [-0.15, -0.1) is 0 Å². The van der Waals surface area contributed by atoms with E-state index in [4.69, 9.17) is 5.11 Å². The Morgan fingerprint density at radius 1 is 0.952 bits per heavy atom. The van der Waals surface area contributed by atoms with Crippen molar-refractivity contribution >= 4 is 11.7 Å². The molecule has 2 rings (SSSR count). The van der Waals surface area contributed by atoms with E-state index in [1.165, 1.54) is 6.07 Å².